The number of nitrogens with one attached hydrogen (secondary N) is 1. The topological polar surface area (TPSA) is 72.0 Å². The summed E-state index contributed by atoms with van der Waals surface area (Å²) in [4.78, 5) is 8.83. The maximum Gasteiger partial charge on any atom is 0.241 e. The van der Waals surface area contributed by atoms with Gasteiger partial charge in [-0.25, -0.2) is 23.1 Å². The third kappa shape index (κ3) is 3.48. The Kier molecular flexibility index (Phi) is 4.99. The van der Waals surface area contributed by atoms with E-state index in [4.69, 9.17) is 11.6 Å². The highest BCUT2D eigenvalue weighted by molar-refractivity contribution is 7.99. The van der Waals surface area contributed by atoms with Gasteiger partial charge >= 0.3 is 0 Å². The molecule has 1 N–H and O–H groups in total. The van der Waals surface area contributed by atoms with E-state index in [0.717, 1.165) is 21.9 Å². The van der Waals surface area contributed by atoms with Crippen molar-refractivity contribution in [2.24, 2.45) is 0 Å². The van der Waals surface area contributed by atoms with Crippen LogP contribution >= 0.6 is 23.4 Å². The molecule has 0 radical (unpaired) electrons. The molecular weight excluding hydrogens is 438 g/mol. The number of hydrogen-bond acceptors (Lipinski definition) is 5. The first-order valence-electron chi connectivity index (χ1n) is 9.26. The highest BCUT2D eigenvalue weighted by Crippen LogP contribution is 2.52. The first-order valence-corrected chi connectivity index (χ1v) is 12.0. The Morgan fingerprint density at radius 3 is 2.23 bits per heavy atom. The van der Waals surface area contributed by atoms with Gasteiger partial charge in [0.2, 0.25) is 10.0 Å². The monoisotopic (exact) mass is 453 g/mol. The van der Waals surface area contributed by atoms with E-state index < -0.39 is 16.1 Å². The smallest absolute Gasteiger partial charge is 0.231 e. The van der Waals surface area contributed by atoms with Crippen LogP contribution in [-0.2, 0) is 10.0 Å². The molecule has 30 heavy (non-hydrogen) atoms. The molecule has 2 atom stereocenters. The van der Waals surface area contributed by atoms with Crippen LogP contribution in [0.3, 0.4) is 0 Å². The Morgan fingerprint density at radius 2 is 1.53 bits per heavy atom. The van der Waals surface area contributed by atoms with Crippen molar-refractivity contribution in [2.45, 2.75) is 21.3 Å². The minimum absolute atomic E-state index is 0.176. The normalized spacial score (nSPS) is 18.0. The number of benzene rings is 3. The molecule has 1 aliphatic carbocycles. The summed E-state index contributed by atoms with van der Waals surface area (Å²) in [6.07, 6.45) is 3.37. The van der Waals surface area contributed by atoms with Crippen LogP contribution in [0.5, 0.6) is 0 Å². The van der Waals surface area contributed by atoms with E-state index in [9.17, 15) is 8.42 Å². The Bertz CT molecular complexity index is 1320. The van der Waals surface area contributed by atoms with E-state index >= 15 is 0 Å². The molecule has 0 fully saturated rings. The predicted molar refractivity (Wildman–Crippen MR) is 119 cm³/mol. The molecule has 150 valence electrons. The summed E-state index contributed by atoms with van der Waals surface area (Å²) in [7, 11) is -3.76. The zero-order valence-electron chi connectivity index (χ0n) is 15.6. The SMILES string of the molecule is O=S(=O)(NC1c2cccc3cccc(c23)C1Sc1ncccn1)c1ccc(Cl)cc1. The van der Waals surface area contributed by atoms with Gasteiger partial charge in [0.05, 0.1) is 16.2 Å². The second-order valence-corrected chi connectivity index (χ2v) is 10.2. The minimum atomic E-state index is -3.76. The lowest BCUT2D eigenvalue weighted by atomic mass is 10.1. The van der Waals surface area contributed by atoms with Gasteiger partial charge in [-0.15, -0.1) is 0 Å². The van der Waals surface area contributed by atoms with Crippen molar-refractivity contribution in [3.05, 3.63) is 95.3 Å². The molecule has 3 aromatic carbocycles. The highest BCUT2D eigenvalue weighted by atomic mass is 35.5. The lowest BCUT2D eigenvalue weighted by Crippen LogP contribution is -2.30. The molecule has 5 rings (SSSR count). The summed E-state index contributed by atoms with van der Waals surface area (Å²) in [6.45, 7) is 0. The molecule has 1 heterocycles. The summed E-state index contributed by atoms with van der Waals surface area (Å²) in [5.41, 5.74) is 2.03. The van der Waals surface area contributed by atoms with E-state index in [1.54, 1.807) is 30.6 Å². The van der Waals surface area contributed by atoms with Gasteiger partial charge in [0.1, 0.15) is 0 Å². The maximum absolute atomic E-state index is 13.2. The van der Waals surface area contributed by atoms with Gasteiger partial charge in [-0.1, -0.05) is 59.8 Å². The Balaban J connectivity index is 1.59. The van der Waals surface area contributed by atoms with Crippen molar-refractivity contribution < 1.29 is 8.42 Å². The molecule has 0 amide bonds. The Hall–Kier alpha value is -2.45. The quantitative estimate of drug-likeness (QED) is 0.423. The fourth-order valence-electron chi connectivity index (χ4n) is 3.80. The molecule has 8 heteroatoms. The summed E-state index contributed by atoms with van der Waals surface area (Å²) in [5.74, 6) is 0. The number of hydrogen-bond donors (Lipinski definition) is 1. The molecule has 1 aliphatic rings. The molecular formula is C22H16ClN3O2S2. The maximum atomic E-state index is 13.2. The standard InChI is InChI=1S/C22H16ClN3O2S2/c23-15-8-10-16(11-9-15)30(27,28)26-20-17-6-1-4-14-5-2-7-18(19(14)17)21(20)29-22-24-12-3-13-25-22/h1-13,20-21,26H. The molecule has 0 bridgehead atoms. The third-order valence-electron chi connectivity index (χ3n) is 5.09. The number of sulfonamides is 1. The van der Waals surface area contributed by atoms with E-state index in [-0.39, 0.29) is 10.1 Å². The van der Waals surface area contributed by atoms with Crippen molar-refractivity contribution >= 4 is 44.2 Å². The van der Waals surface area contributed by atoms with Gasteiger partial charge in [-0.2, -0.15) is 0 Å². The molecule has 4 aromatic rings. The highest BCUT2D eigenvalue weighted by Gasteiger charge is 2.38. The molecule has 0 aliphatic heterocycles. The largest absolute Gasteiger partial charge is 0.241 e. The molecule has 0 spiro atoms. The summed E-state index contributed by atoms with van der Waals surface area (Å²) in [6, 6.07) is 19.5. The van der Waals surface area contributed by atoms with Crippen LogP contribution in [0.15, 0.2) is 89.2 Å². The molecule has 1 aromatic heterocycles. The molecule has 2 unspecified atom stereocenters. The molecule has 0 saturated heterocycles. The average Bonchev–Trinajstić information content (AvgIpc) is 3.04. The van der Waals surface area contributed by atoms with Crippen LogP contribution in [0.25, 0.3) is 10.8 Å². The molecule has 5 nitrogen and oxygen atoms in total. The summed E-state index contributed by atoms with van der Waals surface area (Å²) in [5, 5.41) is 3.05. The van der Waals surface area contributed by atoms with Gasteiger partial charge in [0.15, 0.2) is 5.16 Å². The second kappa shape index (κ2) is 7.67. The zero-order chi connectivity index (χ0) is 20.7. The van der Waals surface area contributed by atoms with E-state index in [1.165, 1.54) is 23.9 Å². The Morgan fingerprint density at radius 1 is 0.867 bits per heavy atom. The van der Waals surface area contributed by atoms with Crippen LogP contribution in [0.2, 0.25) is 5.02 Å². The number of thioether (sulfide) groups is 1. The number of halogens is 1. The van der Waals surface area contributed by atoms with Crippen molar-refractivity contribution in [3.8, 4) is 0 Å². The number of aromatic nitrogens is 2. The van der Waals surface area contributed by atoms with Gasteiger partial charge in [-0.05, 0) is 52.2 Å². The van der Waals surface area contributed by atoms with Crippen molar-refractivity contribution in [1.82, 2.24) is 14.7 Å². The van der Waals surface area contributed by atoms with E-state index in [0.29, 0.717) is 10.2 Å². The second-order valence-electron chi connectivity index (χ2n) is 6.92. The van der Waals surface area contributed by atoms with Gasteiger partial charge < -0.3 is 0 Å². The van der Waals surface area contributed by atoms with E-state index in [2.05, 4.69) is 14.7 Å². The lowest BCUT2D eigenvalue weighted by molar-refractivity contribution is 0.557. The van der Waals surface area contributed by atoms with Crippen LogP contribution in [0.4, 0.5) is 0 Å². The Labute approximate surface area is 183 Å². The van der Waals surface area contributed by atoms with Gasteiger partial charge in [0, 0.05) is 17.4 Å². The first-order chi connectivity index (χ1) is 14.5. The fourth-order valence-corrected chi connectivity index (χ4v) is 6.39. The van der Waals surface area contributed by atoms with Crippen LogP contribution in [-0.4, -0.2) is 18.4 Å². The van der Waals surface area contributed by atoms with Crippen molar-refractivity contribution in [2.75, 3.05) is 0 Å². The average molecular weight is 454 g/mol. The number of rotatable bonds is 5. The minimum Gasteiger partial charge on any atom is -0.231 e. The third-order valence-corrected chi connectivity index (χ3v) is 8.00. The van der Waals surface area contributed by atoms with Crippen LogP contribution in [0, 0.1) is 0 Å². The molecule has 0 saturated carbocycles. The lowest BCUT2D eigenvalue weighted by Gasteiger charge is -2.22. The van der Waals surface area contributed by atoms with Crippen LogP contribution in [0.1, 0.15) is 22.4 Å². The summed E-state index contributed by atoms with van der Waals surface area (Å²) >= 11 is 7.38. The zero-order valence-corrected chi connectivity index (χ0v) is 18.0. The van der Waals surface area contributed by atoms with Gasteiger partial charge in [0.25, 0.3) is 0 Å². The van der Waals surface area contributed by atoms with Crippen molar-refractivity contribution in [1.29, 1.82) is 0 Å². The predicted octanol–water partition coefficient (Wildman–Crippen LogP) is 5.15. The number of nitrogens with zero attached hydrogens (tertiary/aromatic N) is 2. The summed E-state index contributed by atoms with van der Waals surface area (Å²) < 4.78 is 29.3. The van der Waals surface area contributed by atoms with Crippen molar-refractivity contribution in [3.63, 3.8) is 0 Å². The fraction of sp³-hybridized carbons (Fsp3) is 0.0909. The van der Waals surface area contributed by atoms with E-state index in [1.807, 2.05) is 36.4 Å². The van der Waals surface area contributed by atoms with Gasteiger partial charge in [-0.3, -0.25) is 0 Å². The van der Waals surface area contributed by atoms with Crippen LogP contribution < -0.4 is 4.72 Å². The first kappa shape index (κ1) is 19.5.